The van der Waals surface area contributed by atoms with E-state index in [1.54, 1.807) is 0 Å². The maximum absolute atomic E-state index is 9.91. The van der Waals surface area contributed by atoms with Crippen molar-refractivity contribution in [3.63, 3.8) is 0 Å². The van der Waals surface area contributed by atoms with Gasteiger partial charge in [-0.3, -0.25) is 0 Å². The largest absolute Gasteiger partial charge is 0.466 e. The van der Waals surface area contributed by atoms with Gasteiger partial charge in [-0.1, -0.05) is 12.8 Å². The zero-order valence-electron chi connectivity index (χ0n) is 8.92. The number of furan rings is 1. The van der Waals surface area contributed by atoms with Crippen LogP contribution >= 0.6 is 0 Å². The molecular weight excluding hydrogens is 176 g/mol. The molecule has 0 saturated heterocycles. The minimum absolute atomic E-state index is 0.167. The van der Waals surface area contributed by atoms with Crippen molar-refractivity contribution in [1.29, 1.82) is 0 Å². The average molecular weight is 194 g/mol. The average Bonchev–Trinajstić information content (AvgIpc) is 2.46. The van der Waals surface area contributed by atoms with Gasteiger partial charge in [-0.15, -0.1) is 0 Å². The Morgan fingerprint density at radius 3 is 2.57 bits per heavy atom. The van der Waals surface area contributed by atoms with E-state index in [1.807, 2.05) is 13.8 Å². The van der Waals surface area contributed by atoms with Crippen molar-refractivity contribution in [3.8, 4) is 0 Å². The van der Waals surface area contributed by atoms with Crippen LogP contribution in [0.25, 0.3) is 0 Å². The van der Waals surface area contributed by atoms with Crippen molar-refractivity contribution in [2.45, 2.75) is 51.6 Å². The highest BCUT2D eigenvalue weighted by Crippen LogP contribution is 2.35. The monoisotopic (exact) mass is 194 g/mol. The van der Waals surface area contributed by atoms with E-state index in [9.17, 15) is 5.11 Å². The second-order valence-corrected chi connectivity index (χ2v) is 4.33. The smallest absolute Gasteiger partial charge is 0.104 e. The van der Waals surface area contributed by atoms with Crippen LogP contribution in [0.4, 0.5) is 0 Å². The molecule has 2 unspecified atom stereocenters. The van der Waals surface area contributed by atoms with Gasteiger partial charge in [0.15, 0.2) is 0 Å². The summed E-state index contributed by atoms with van der Waals surface area (Å²) in [6.07, 6.45) is 4.26. The summed E-state index contributed by atoms with van der Waals surface area (Å²) in [6.45, 7) is 3.95. The van der Waals surface area contributed by atoms with Crippen LogP contribution in [0.1, 0.15) is 48.7 Å². The summed E-state index contributed by atoms with van der Waals surface area (Å²) >= 11 is 0. The second kappa shape index (κ2) is 3.77. The molecule has 2 rings (SSSR count). The Labute approximate surface area is 84.9 Å². The molecule has 0 radical (unpaired) electrons. The van der Waals surface area contributed by atoms with E-state index in [-0.39, 0.29) is 6.10 Å². The Kier molecular flexibility index (Phi) is 2.64. The molecule has 1 aliphatic rings. The van der Waals surface area contributed by atoms with Crippen LogP contribution in [0.5, 0.6) is 0 Å². The summed E-state index contributed by atoms with van der Waals surface area (Å²) in [5, 5.41) is 9.91. The third-order valence-electron chi connectivity index (χ3n) is 3.21. The molecule has 0 spiro atoms. The number of aliphatic hydroxyl groups is 1. The lowest BCUT2D eigenvalue weighted by Gasteiger charge is -2.27. The van der Waals surface area contributed by atoms with Gasteiger partial charge in [-0.2, -0.15) is 0 Å². The Bertz CT molecular complexity index is 314. The van der Waals surface area contributed by atoms with Gasteiger partial charge in [-0.05, 0) is 38.3 Å². The molecule has 2 heteroatoms. The summed E-state index contributed by atoms with van der Waals surface area (Å²) in [5.41, 5.74) is 1.22. The predicted molar refractivity (Wildman–Crippen MR) is 55.4 cm³/mol. The van der Waals surface area contributed by atoms with Gasteiger partial charge in [0.2, 0.25) is 0 Å². The molecule has 0 amide bonds. The van der Waals surface area contributed by atoms with E-state index in [0.29, 0.717) is 5.92 Å². The van der Waals surface area contributed by atoms with Crippen LogP contribution in [0.15, 0.2) is 10.5 Å². The van der Waals surface area contributed by atoms with Gasteiger partial charge in [0.05, 0.1) is 6.10 Å². The summed E-state index contributed by atoms with van der Waals surface area (Å²) in [5.74, 6) is 2.24. The highest BCUT2D eigenvalue weighted by atomic mass is 16.3. The Balaban J connectivity index is 2.24. The molecule has 1 aromatic rings. The first kappa shape index (κ1) is 9.78. The summed E-state index contributed by atoms with van der Waals surface area (Å²) in [7, 11) is 0. The summed E-state index contributed by atoms with van der Waals surface area (Å²) in [6, 6.07) is 2.08. The maximum Gasteiger partial charge on any atom is 0.104 e. The van der Waals surface area contributed by atoms with Gasteiger partial charge in [0.25, 0.3) is 0 Å². The first-order valence-corrected chi connectivity index (χ1v) is 5.43. The van der Waals surface area contributed by atoms with Crippen LogP contribution in [-0.2, 0) is 0 Å². The standard InChI is InChI=1S/C12H18O2/c1-8-7-11(9(2)14-8)10-5-3-4-6-12(10)13/h7,10,12-13H,3-6H2,1-2H3. The lowest BCUT2D eigenvalue weighted by Crippen LogP contribution is -2.22. The Morgan fingerprint density at radius 1 is 1.29 bits per heavy atom. The molecule has 0 bridgehead atoms. The first-order chi connectivity index (χ1) is 6.68. The van der Waals surface area contributed by atoms with Crippen LogP contribution in [0.3, 0.4) is 0 Å². The SMILES string of the molecule is Cc1cc(C2CCCCC2O)c(C)o1. The van der Waals surface area contributed by atoms with E-state index >= 15 is 0 Å². The number of hydrogen-bond donors (Lipinski definition) is 1. The van der Waals surface area contributed by atoms with Crippen LogP contribution in [-0.4, -0.2) is 11.2 Å². The lowest BCUT2D eigenvalue weighted by molar-refractivity contribution is 0.105. The molecule has 78 valence electrons. The maximum atomic E-state index is 9.91. The normalized spacial score (nSPS) is 27.9. The Morgan fingerprint density at radius 2 is 2.00 bits per heavy atom. The molecule has 1 aliphatic carbocycles. The summed E-state index contributed by atoms with van der Waals surface area (Å²) < 4.78 is 5.50. The molecule has 0 aromatic carbocycles. The third kappa shape index (κ3) is 1.71. The number of rotatable bonds is 1. The molecule has 14 heavy (non-hydrogen) atoms. The van der Waals surface area contributed by atoms with Crippen LogP contribution in [0.2, 0.25) is 0 Å². The lowest BCUT2D eigenvalue weighted by atomic mass is 9.82. The zero-order chi connectivity index (χ0) is 10.1. The third-order valence-corrected chi connectivity index (χ3v) is 3.21. The fourth-order valence-corrected chi connectivity index (χ4v) is 2.49. The van der Waals surface area contributed by atoms with Crippen molar-refractivity contribution in [3.05, 3.63) is 23.2 Å². The van der Waals surface area contributed by atoms with E-state index in [0.717, 1.165) is 30.8 Å². The Hall–Kier alpha value is -0.760. The van der Waals surface area contributed by atoms with Crippen molar-refractivity contribution in [2.75, 3.05) is 0 Å². The molecule has 1 aromatic heterocycles. The number of aryl methyl sites for hydroxylation is 2. The van der Waals surface area contributed by atoms with E-state index in [2.05, 4.69) is 6.07 Å². The molecule has 1 N–H and O–H groups in total. The first-order valence-electron chi connectivity index (χ1n) is 5.43. The van der Waals surface area contributed by atoms with E-state index < -0.39 is 0 Å². The van der Waals surface area contributed by atoms with Gasteiger partial charge in [0.1, 0.15) is 11.5 Å². The molecule has 1 fully saturated rings. The molecule has 2 nitrogen and oxygen atoms in total. The van der Waals surface area contributed by atoms with Crippen molar-refractivity contribution in [1.82, 2.24) is 0 Å². The minimum Gasteiger partial charge on any atom is -0.466 e. The van der Waals surface area contributed by atoms with E-state index in [4.69, 9.17) is 4.42 Å². The van der Waals surface area contributed by atoms with Crippen molar-refractivity contribution in [2.24, 2.45) is 0 Å². The van der Waals surface area contributed by atoms with Gasteiger partial charge in [0, 0.05) is 5.92 Å². The van der Waals surface area contributed by atoms with Crippen LogP contribution in [0, 0.1) is 13.8 Å². The fraction of sp³-hybridized carbons (Fsp3) is 0.667. The van der Waals surface area contributed by atoms with E-state index in [1.165, 1.54) is 12.0 Å². The highest BCUT2D eigenvalue weighted by molar-refractivity contribution is 5.26. The summed E-state index contributed by atoms with van der Waals surface area (Å²) in [4.78, 5) is 0. The fourth-order valence-electron chi connectivity index (χ4n) is 2.49. The topological polar surface area (TPSA) is 33.4 Å². The quantitative estimate of drug-likeness (QED) is 0.745. The van der Waals surface area contributed by atoms with Crippen molar-refractivity contribution < 1.29 is 9.52 Å². The molecule has 2 atom stereocenters. The number of aliphatic hydroxyl groups excluding tert-OH is 1. The highest BCUT2D eigenvalue weighted by Gasteiger charge is 2.27. The van der Waals surface area contributed by atoms with Gasteiger partial charge in [-0.25, -0.2) is 0 Å². The zero-order valence-corrected chi connectivity index (χ0v) is 8.92. The molecule has 0 aliphatic heterocycles. The number of hydrogen-bond acceptors (Lipinski definition) is 2. The van der Waals surface area contributed by atoms with Crippen LogP contribution < -0.4 is 0 Å². The molecule has 1 heterocycles. The predicted octanol–water partition coefficient (Wildman–Crippen LogP) is 2.91. The molecular formula is C12H18O2. The van der Waals surface area contributed by atoms with Gasteiger partial charge < -0.3 is 9.52 Å². The molecule has 1 saturated carbocycles. The minimum atomic E-state index is -0.167. The van der Waals surface area contributed by atoms with Gasteiger partial charge >= 0.3 is 0 Å². The van der Waals surface area contributed by atoms with Crippen molar-refractivity contribution >= 4 is 0 Å². The second-order valence-electron chi connectivity index (χ2n) is 4.33.